The summed E-state index contributed by atoms with van der Waals surface area (Å²) in [7, 11) is 0. The average molecular weight is 422 g/mol. The van der Waals surface area contributed by atoms with Crippen molar-refractivity contribution in [3.63, 3.8) is 0 Å². The predicted octanol–water partition coefficient (Wildman–Crippen LogP) is 5.96. The number of aryl methyl sites for hydroxylation is 1. The molecule has 30 heavy (non-hydrogen) atoms. The van der Waals surface area contributed by atoms with Gasteiger partial charge in [-0.25, -0.2) is 13.8 Å². The van der Waals surface area contributed by atoms with E-state index < -0.39 is 35.6 Å². The summed E-state index contributed by atoms with van der Waals surface area (Å²) >= 11 is 0. The Hall–Kier alpha value is -3.03. The van der Waals surface area contributed by atoms with Crippen molar-refractivity contribution >= 4 is 22.5 Å². The van der Waals surface area contributed by atoms with Gasteiger partial charge in [-0.05, 0) is 43.2 Å². The first kappa shape index (κ1) is 21.7. The molecule has 0 aliphatic carbocycles. The number of para-hydroxylation sites is 1. The molecule has 1 N–H and O–H groups in total. The Balaban J connectivity index is 1.95. The molecule has 3 aromatic rings. The van der Waals surface area contributed by atoms with E-state index in [1.54, 1.807) is 6.07 Å². The molecule has 0 aliphatic rings. The molecule has 1 heterocycles. The molecule has 0 saturated heterocycles. The van der Waals surface area contributed by atoms with Crippen molar-refractivity contribution in [2.45, 2.75) is 32.9 Å². The van der Waals surface area contributed by atoms with Gasteiger partial charge in [0.1, 0.15) is 17.2 Å². The van der Waals surface area contributed by atoms with Crippen molar-refractivity contribution in [1.29, 1.82) is 0 Å². The first-order valence-electron chi connectivity index (χ1n) is 9.15. The minimum atomic E-state index is -4.61. The molecule has 0 unspecified atom stereocenters. The van der Waals surface area contributed by atoms with Gasteiger partial charge < -0.3 is 5.32 Å². The van der Waals surface area contributed by atoms with Crippen molar-refractivity contribution in [2.24, 2.45) is 5.41 Å². The number of nitrogens with zero attached hydrogens (tertiary/aromatic N) is 1. The molecule has 0 radical (unpaired) electrons. The van der Waals surface area contributed by atoms with E-state index in [1.807, 2.05) is 0 Å². The molecular formula is C22H19F5N2O. The zero-order valence-electron chi connectivity index (χ0n) is 16.3. The maximum absolute atomic E-state index is 13.9. The summed E-state index contributed by atoms with van der Waals surface area (Å²) in [6.07, 6.45) is -6.32. The smallest absolute Gasteiger partial charge is 0.324 e. The summed E-state index contributed by atoms with van der Waals surface area (Å²) < 4.78 is 67.2. The van der Waals surface area contributed by atoms with Crippen molar-refractivity contribution in [2.75, 3.05) is 5.32 Å². The maximum Gasteiger partial charge on any atom is 0.390 e. The first-order chi connectivity index (χ1) is 14.0. The van der Waals surface area contributed by atoms with E-state index in [-0.39, 0.29) is 28.9 Å². The van der Waals surface area contributed by atoms with Crippen molar-refractivity contribution < 1.29 is 26.7 Å². The van der Waals surface area contributed by atoms with Crippen LogP contribution in [-0.4, -0.2) is 17.1 Å². The number of anilines is 1. The topological polar surface area (TPSA) is 42.0 Å². The Labute approximate surface area is 169 Å². The van der Waals surface area contributed by atoms with Crippen LogP contribution in [0.4, 0.5) is 27.6 Å². The number of nitrogens with one attached hydrogen (secondary N) is 1. The Kier molecular flexibility index (Phi) is 5.78. The molecule has 0 fully saturated rings. The summed E-state index contributed by atoms with van der Waals surface area (Å²) in [4.78, 5) is 17.1. The van der Waals surface area contributed by atoms with E-state index in [1.165, 1.54) is 50.2 Å². The standard InChI is InChI=1S/C22H19F5N2O/c1-13-18(10-15-6-4-8-17(24)19(15)28-13)29-20(30)21(2,12-22(25,26)27)11-14-5-3-7-16(23)9-14/h3-10H,11-12H2,1-2H3,(H,29,30)/t21-/m0/s1. The third-order valence-electron chi connectivity index (χ3n) is 4.86. The zero-order valence-corrected chi connectivity index (χ0v) is 16.3. The van der Waals surface area contributed by atoms with E-state index in [0.717, 1.165) is 6.07 Å². The number of halogens is 5. The number of benzene rings is 2. The van der Waals surface area contributed by atoms with Crippen molar-refractivity contribution in [3.8, 4) is 0 Å². The summed E-state index contributed by atoms with van der Waals surface area (Å²) in [6, 6.07) is 10.9. The second-order valence-corrected chi connectivity index (χ2v) is 7.55. The van der Waals surface area contributed by atoms with Crippen LogP contribution >= 0.6 is 0 Å². The van der Waals surface area contributed by atoms with Crippen LogP contribution in [0.2, 0.25) is 0 Å². The van der Waals surface area contributed by atoms with Gasteiger partial charge in [0.15, 0.2) is 0 Å². The van der Waals surface area contributed by atoms with Crippen LogP contribution in [0.5, 0.6) is 0 Å². The SMILES string of the molecule is Cc1nc2c(F)cccc2cc1NC(=O)[C@@](C)(Cc1cccc(F)c1)CC(F)(F)F. The molecule has 2 aromatic carbocycles. The molecule has 3 nitrogen and oxygen atoms in total. The highest BCUT2D eigenvalue weighted by atomic mass is 19.4. The highest BCUT2D eigenvalue weighted by Crippen LogP contribution is 2.38. The van der Waals surface area contributed by atoms with Crippen LogP contribution in [0.1, 0.15) is 24.6 Å². The number of carbonyl (C=O) groups excluding carboxylic acids is 1. The highest BCUT2D eigenvalue weighted by Gasteiger charge is 2.44. The number of rotatable bonds is 5. The maximum atomic E-state index is 13.9. The van der Waals surface area contributed by atoms with Crippen LogP contribution in [0.15, 0.2) is 48.5 Å². The van der Waals surface area contributed by atoms with Crippen LogP contribution in [0, 0.1) is 24.0 Å². The fraction of sp³-hybridized carbons (Fsp3) is 0.273. The zero-order chi connectivity index (χ0) is 22.1. The quantitative estimate of drug-likeness (QED) is 0.516. The van der Waals surface area contributed by atoms with Gasteiger partial charge in [0.2, 0.25) is 5.91 Å². The second-order valence-electron chi connectivity index (χ2n) is 7.55. The number of alkyl halides is 3. The number of pyridine rings is 1. The van der Waals surface area contributed by atoms with Gasteiger partial charge >= 0.3 is 6.18 Å². The lowest BCUT2D eigenvalue weighted by Gasteiger charge is -2.30. The van der Waals surface area contributed by atoms with Crippen molar-refractivity contribution in [3.05, 3.63) is 71.4 Å². The predicted molar refractivity (Wildman–Crippen MR) is 104 cm³/mol. The molecule has 1 amide bonds. The minimum Gasteiger partial charge on any atom is -0.324 e. The summed E-state index contributed by atoms with van der Waals surface area (Å²) in [5.74, 6) is -2.02. The van der Waals surface area contributed by atoms with E-state index in [9.17, 15) is 26.7 Å². The lowest BCUT2D eigenvalue weighted by Crippen LogP contribution is -2.39. The molecule has 158 valence electrons. The molecule has 0 saturated carbocycles. The van der Waals surface area contributed by atoms with Gasteiger partial charge in [-0.3, -0.25) is 4.79 Å². The molecule has 0 bridgehead atoms. The number of fused-ring (bicyclic) bond motifs is 1. The van der Waals surface area contributed by atoms with E-state index in [2.05, 4.69) is 10.3 Å². The van der Waals surface area contributed by atoms with Crippen molar-refractivity contribution in [1.82, 2.24) is 4.98 Å². The van der Waals surface area contributed by atoms with Gasteiger partial charge in [0.05, 0.1) is 23.2 Å². The third-order valence-corrected chi connectivity index (χ3v) is 4.86. The Morgan fingerprint density at radius 1 is 1.07 bits per heavy atom. The highest BCUT2D eigenvalue weighted by molar-refractivity contribution is 5.97. The summed E-state index contributed by atoms with van der Waals surface area (Å²) in [5.41, 5.74) is -1.07. The number of aromatic nitrogens is 1. The van der Waals surface area contributed by atoms with E-state index in [4.69, 9.17) is 0 Å². The molecule has 0 aliphatic heterocycles. The number of amides is 1. The average Bonchev–Trinajstić information content (AvgIpc) is 2.61. The molecule has 1 atom stereocenters. The molecule has 3 rings (SSSR count). The first-order valence-corrected chi connectivity index (χ1v) is 9.15. The van der Waals surface area contributed by atoms with Crippen LogP contribution in [-0.2, 0) is 11.2 Å². The van der Waals surface area contributed by atoms with Gasteiger partial charge in [-0.2, -0.15) is 13.2 Å². The largest absolute Gasteiger partial charge is 0.390 e. The summed E-state index contributed by atoms with van der Waals surface area (Å²) in [5, 5.41) is 2.90. The monoisotopic (exact) mass is 422 g/mol. The van der Waals surface area contributed by atoms with E-state index in [0.29, 0.717) is 5.39 Å². The number of carbonyl (C=O) groups is 1. The Morgan fingerprint density at radius 2 is 1.77 bits per heavy atom. The van der Waals surface area contributed by atoms with Gasteiger partial charge in [0.25, 0.3) is 0 Å². The fourth-order valence-electron chi connectivity index (χ4n) is 3.42. The van der Waals surface area contributed by atoms with Gasteiger partial charge in [-0.1, -0.05) is 31.2 Å². The second kappa shape index (κ2) is 8.01. The lowest BCUT2D eigenvalue weighted by molar-refractivity contribution is -0.164. The van der Waals surface area contributed by atoms with Crippen LogP contribution in [0.3, 0.4) is 0 Å². The molecule has 8 heteroatoms. The molecular weight excluding hydrogens is 403 g/mol. The number of hydrogen-bond acceptors (Lipinski definition) is 2. The fourth-order valence-corrected chi connectivity index (χ4v) is 3.42. The summed E-state index contributed by atoms with van der Waals surface area (Å²) in [6.45, 7) is 2.71. The normalized spacial score (nSPS) is 13.8. The molecule has 0 spiro atoms. The van der Waals surface area contributed by atoms with E-state index >= 15 is 0 Å². The van der Waals surface area contributed by atoms with Crippen LogP contribution in [0.25, 0.3) is 10.9 Å². The Morgan fingerprint density at radius 3 is 2.43 bits per heavy atom. The Bertz CT molecular complexity index is 1100. The third kappa shape index (κ3) is 4.93. The minimum absolute atomic E-state index is 0.103. The van der Waals surface area contributed by atoms with Gasteiger partial charge in [0, 0.05) is 5.39 Å². The molecule has 1 aromatic heterocycles. The van der Waals surface area contributed by atoms with Crippen LogP contribution < -0.4 is 5.32 Å². The number of hydrogen-bond donors (Lipinski definition) is 1. The lowest BCUT2D eigenvalue weighted by atomic mass is 9.79. The van der Waals surface area contributed by atoms with Gasteiger partial charge in [-0.15, -0.1) is 0 Å².